The van der Waals surface area contributed by atoms with Crippen LogP contribution in [0.4, 0.5) is 0 Å². The number of aromatic nitrogens is 3. The van der Waals surface area contributed by atoms with E-state index in [2.05, 4.69) is 15.0 Å². The molecule has 0 N–H and O–H groups in total. The van der Waals surface area contributed by atoms with Crippen LogP contribution in [0.3, 0.4) is 0 Å². The standard InChI is InChI=1S/C14H10ClN3O.ClH/c15-14-11-6-13(16-7-12(11)17-9-18-14)19-8-10-4-2-1-3-5-10;/h1-7,9H,8H2;1H. The zero-order chi connectivity index (χ0) is 13.1. The SMILES string of the molecule is Cl.Clc1ncnc2cnc(OCc3ccccc3)cc12. The number of ether oxygens (including phenoxy) is 1. The van der Waals surface area contributed by atoms with Gasteiger partial charge in [-0.3, -0.25) is 0 Å². The minimum absolute atomic E-state index is 0. The molecule has 4 nitrogen and oxygen atoms in total. The Kier molecular flexibility index (Phi) is 4.71. The van der Waals surface area contributed by atoms with Gasteiger partial charge < -0.3 is 4.74 Å². The normalized spacial score (nSPS) is 10.1. The molecule has 0 saturated carbocycles. The summed E-state index contributed by atoms with van der Waals surface area (Å²) in [4.78, 5) is 12.2. The molecule has 0 radical (unpaired) electrons. The highest BCUT2D eigenvalue weighted by atomic mass is 35.5. The molecule has 0 bridgehead atoms. The maximum absolute atomic E-state index is 6.01. The molecule has 0 aliphatic rings. The van der Waals surface area contributed by atoms with Crippen LogP contribution in [0.2, 0.25) is 5.15 Å². The Morgan fingerprint density at radius 2 is 1.85 bits per heavy atom. The Labute approximate surface area is 127 Å². The molecule has 0 amide bonds. The summed E-state index contributed by atoms with van der Waals surface area (Å²) >= 11 is 6.01. The fourth-order valence-corrected chi connectivity index (χ4v) is 1.91. The third-order valence-electron chi connectivity index (χ3n) is 2.68. The first kappa shape index (κ1) is 14.5. The highest BCUT2D eigenvalue weighted by molar-refractivity contribution is 6.34. The minimum Gasteiger partial charge on any atom is -0.473 e. The largest absolute Gasteiger partial charge is 0.473 e. The van der Waals surface area contributed by atoms with Crippen molar-refractivity contribution in [2.45, 2.75) is 6.61 Å². The van der Waals surface area contributed by atoms with Gasteiger partial charge in [0.25, 0.3) is 0 Å². The van der Waals surface area contributed by atoms with Crippen molar-refractivity contribution in [2.24, 2.45) is 0 Å². The third-order valence-corrected chi connectivity index (χ3v) is 2.98. The maximum atomic E-state index is 6.01. The number of fused-ring (bicyclic) bond motifs is 1. The van der Waals surface area contributed by atoms with E-state index in [0.717, 1.165) is 10.9 Å². The van der Waals surface area contributed by atoms with E-state index < -0.39 is 0 Å². The average molecular weight is 308 g/mol. The van der Waals surface area contributed by atoms with Gasteiger partial charge in [0.1, 0.15) is 18.1 Å². The Balaban J connectivity index is 0.00000147. The zero-order valence-corrected chi connectivity index (χ0v) is 11.9. The molecular formula is C14H11Cl2N3O. The van der Waals surface area contributed by atoms with Crippen LogP contribution in [-0.4, -0.2) is 15.0 Å². The summed E-state index contributed by atoms with van der Waals surface area (Å²) in [5.74, 6) is 0.507. The van der Waals surface area contributed by atoms with Crippen molar-refractivity contribution in [1.82, 2.24) is 15.0 Å². The second kappa shape index (κ2) is 6.50. The monoisotopic (exact) mass is 307 g/mol. The fourth-order valence-electron chi connectivity index (χ4n) is 1.72. The van der Waals surface area contributed by atoms with Crippen LogP contribution >= 0.6 is 24.0 Å². The summed E-state index contributed by atoms with van der Waals surface area (Å²) in [7, 11) is 0. The van der Waals surface area contributed by atoms with Crippen LogP contribution in [0, 0.1) is 0 Å². The lowest BCUT2D eigenvalue weighted by Gasteiger charge is -2.06. The smallest absolute Gasteiger partial charge is 0.214 e. The fraction of sp³-hybridized carbons (Fsp3) is 0.0714. The van der Waals surface area contributed by atoms with Crippen molar-refractivity contribution in [2.75, 3.05) is 0 Å². The molecule has 3 rings (SSSR count). The Bertz CT molecular complexity index is 707. The van der Waals surface area contributed by atoms with Gasteiger partial charge in [0.15, 0.2) is 0 Å². The van der Waals surface area contributed by atoms with E-state index in [1.165, 1.54) is 6.33 Å². The van der Waals surface area contributed by atoms with Crippen molar-refractivity contribution in [3.05, 3.63) is 59.6 Å². The van der Waals surface area contributed by atoms with E-state index in [0.29, 0.717) is 23.2 Å². The quantitative estimate of drug-likeness (QED) is 0.693. The predicted octanol–water partition coefficient (Wildman–Crippen LogP) is 3.68. The molecule has 0 atom stereocenters. The van der Waals surface area contributed by atoms with E-state index in [4.69, 9.17) is 16.3 Å². The molecular weight excluding hydrogens is 297 g/mol. The van der Waals surface area contributed by atoms with Crippen molar-refractivity contribution in [3.8, 4) is 5.88 Å². The second-order valence-electron chi connectivity index (χ2n) is 3.98. The van der Waals surface area contributed by atoms with E-state index in [1.54, 1.807) is 12.3 Å². The summed E-state index contributed by atoms with van der Waals surface area (Å²) in [6, 6.07) is 11.7. The Morgan fingerprint density at radius 3 is 2.65 bits per heavy atom. The molecule has 3 aromatic rings. The van der Waals surface area contributed by atoms with Crippen molar-refractivity contribution >= 4 is 34.9 Å². The summed E-state index contributed by atoms with van der Waals surface area (Å²) in [5.41, 5.74) is 1.78. The van der Waals surface area contributed by atoms with Gasteiger partial charge in [-0.25, -0.2) is 15.0 Å². The van der Waals surface area contributed by atoms with Crippen LogP contribution in [0.25, 0.3) is 10.9 Å². The molecule has 0 aliphatic carbocycles. The molecule has 2 heterocycles. The van der Waals surface area contributed by atoms with Gasteiger partial charge in [0.2, 0.25) is 5.88 Å². The van der Waals surface area contributed by atoms with Crippen LogP contribution in [0.15, 0.2) is 48.9 Å². The molecule has 6 heteroatoms. The van der Waals surface area contributed by atoms with Crippen LogP contribution in [-0.2, 0) is 6.61 Å². The molecule has 0 fully saturated rings. The highest BCUT2D eigenvalue weighted by Crippen LogP contribution is 2.22. The number of pyridine rings is 1. The molecule has 0 spiro atoms. The zero-order valence-electron chi connectivity index (χ0n) is 10.4. The number of benzene rings is 1. The summed E-state index contributed by atoms with van der Waals surface area (Å²) < 4.78 is 5.63. The van der Waals surface area contributed by atoms with E-state index in [1.807, 2.05) is 30.3 Å². The summed E-state index contributed by atoms with van der Waals surface area (Å²) in [6.45, 7) is 0.463. The van der Waals surface area contributed by atoms with Gasteiger partial charge in [-0.1, -0.05) is 41.9 Å². The molecule has 20 heavy (non-hydrogen) atoms. The van der Waals surface area contributed by atoms with Crippen molar-refractivity contribution in [3.63, 3.8) is 0 Å². The lowest BCUT2D eigenvalue weighted by molar-refractivity contribution is 0.294. The first-order valence-corrected chi connectivity index (χ1v) is 6.14. The number of rotatable bonds is 3. The first-order chi connectivity index (χ1) is 9.33. The van der Waals surface area contributed by atoms with Gasteiger partial charge in [-0.15, -0.1) is 12.4 Å². The number of halogens is 2. The highest BCUT2D eigenvalue weighted by Gasteiger charge is 2.04. The van der Waals surface area contributed by atoms with E-state index in [9.17, 15) is 0 Å². The average Bonchev–Trinajstić information content (AvgIpc) is 2.47. The van der Waals surface area contributed by atoms with Gasteiger partial charge in [0, 0.05) is 11.5 Å². The van der Waals surface area contributed by atoms with Crippen molar-refractivity contribution < 1.29 is 4.74 Å². The van der Waals surface area contributed by atoms with E-state index >= 15 is 0 Å². The maximum Gasteiger partial charge on any atom is 0.214 e. The summed E-state index contributed by atoms with van der Waals surface area (Å²) in [5, 5.41) is 1.14. The van der Waals surface area contributed by atoms with Gasteiger partial charge in [-0.05, 0) is 5.56 Å². The second-order valence-corrected chi connectivity index (χ2v) is 4.34. The third kappa shape index (κ3) is 3.15. The van der Waals surface area contributed by atoms with Crippen molar-refractivity contribution in [1.29, 1.82) is 0 Å². The molecule has 102 valence electrons. The lowest BCUT2D eigenvalue weighted by atomic mass is 10.2. The molecule has 0 aliphatic heterocycles. The van der Waals surface area contributed by atoms with Crippen LogP contribution < -0.4 is 4.74 Å². The van der Waals surface area contributed by atoms with Gasteiger partial charge >= 0.3 is 0 Å². The topological polar surface area (TPSA) is 47.9 Å². The van der Waals surface area contributed by atoms with E-state index in [-0.39, 0.29) is 12.4 Å². The first-order valence-electron chi connectivity index (χ1n) is 5.76. The number of hydrogen-bond acceptors (Lipinski definition) is 4. The van der Waals surface area contributed by atoms with Crippen LogP contribution in [0.5, 0.6) is 5.88 Å². The number of hydrogen-bond donors (Lipinski definition) is 0. The molecule has 2 aromatic heterocycles. The van der Waals surface area contributed by atoms with Crippen LogP contribution in [0.1, 0.15) is 5.56 Å². The Morgan fingerprint density at radius 1 is 1.05 bits per heavy atom. The summed E-state index contributed by atoms with van der Waals surface area (Å²) in [6.07, 6.45) is 3.04. The predicted molar refractivity (Wildman–Crippen MR) is 80.4 cm³/mol. The van der Waals surface area contributed by atoms with Gasteiger partial charge in [0.05, 0.1) is 11.7 Å². The Hall–Kier alpha value is -1.91. The minimum atomic E-state index is 0. The number of nitrogens with zero attached hydrogens (tertiary/aromatic N) is 3. The lowest BCUT2D eigenvalue weighted by Crippen LogP contribution is -1.97. The molecule has 1 aromatic carbocycles. The molecule has 0 saturated heterocycles. The van der Waals surface area contributed by atoms with Gasteiger partial charge in [-0.2, -0.15) is 0 Å². The molecule has 0 unspecified atom stereocenters.